The molecule has 0 aliphatic carbocycles. The van der Waals surface area contributed by atoms with Crippen LogP contribution in [-0.2, 0) is 9.84 Å². The summed E-state index contributed by atoms with van der Waals surface area (Å²) in [5, 5.41) is 3.31. The number of amides is 1. The maximum atomic E-state index is 12.6. The number of hydrogen-bond donors (Lipinski definition) is 1. The van der Waals surface area contributed by atoms with Gasteiger partial charge in [-0.1, -0.05) is 12.1 Å². The number of pyridine rings is 1. The summed E-state index contributed by atoms with van der Waals surface area (Å²) in [4.78, 5) is 18.3. The zero-order chi connectivity index (χ0) is 18.9. The Hall–Kier alpha value is -2.41. The zero-order valence-electron chi connectivity index (χ0n) is 15.2. The van der Waals surface area contributed by atoms with Crippen LogP contribution in [0.25, 0.3) is 0 Å². The third-order valence-corrected chi connectivity index (χ3v) is 6.48. The maximum Gasteiger partial charge on any atom is 0.272 e. The first-order chi connectivity index (χ1) is 12.2. The highest BCUT2D eigenvalue weighted by molar-refractivity contribution is 7.91. The van der Waals surface area contributed by atoms with E-state index in [0.29, 0.717) is 12.1 Å². The van der Waals surface area contributed by atoms with Gasteiger partial charge in [-0.3, -0.25) is 4.79 Å². The van der Waals surface area contributed by atoms with Crippen LogP contribution in [0.5, 0.6) is 0 Å². The van der Waals surface area contributed by atoms with E-state index in [4.69, 9.17) is 0 Å². The van der Waals surface area contributed by atoms with Crippen molar-refractivity contribution in [2.75, 3.05) is 23.9 Å². The highest BCUT2D eigenvalue weighted by atomic mass is 32.2. The van der Waals surface area contributed by atoms with E-state index >= 15 is 0 Å². The molecule has 0 saturated carbocycles. The smallest absolute Gasteiger partial charge is 0.272 e. The van der Waals surface area contributed by atoms with Gasteiger partial charge in [-0.15, -0.1) is 0 Å². The van der Waals surface area contributed by atoms with Gasteiger partial charge in [0.25, 0.3) is 5.91 Å². The van der Waals surface area contributed by atoms with Gasteiger partial charge >= 0.3 is 0 Å². The van der Waals surface area contributed by atoms with E-state index in [-0.39, 0.29) is 23.5 Å². The molecule has 0 bridgehead atoms. The van der Waals surface area contributed by atoms with E-state index in [1.54, 1.807) is 25.4 Å². The molecule has 1 aromatic carbocycles. The van der Waals surface area contributed by atoms with Crippen molar-refractivity contribution in [3.63, 3.8) is 0 Å². The van der Waals surface area contributed by atoms with Crippen molar-refractivity contribution in [1.29, 1.82) is 0 Å². The number of carbonyl (C=O) groups excluding carboxylic acids is 1. The molecule has 26 heavy (non-hydrogen) atoms. The standard InChI is InChI=1S/C19H23N3O3S/c1-13-4-5-14(2)18(10-13)21-15-6-7-17(20-11-15)19(23)22(3)16-8-9-26(24,25)12-16/h4-7,10-11,16,21H,8-9,12H2,1-3H3. The van der Waals surface area contributed by atoms with E-state index in [1.807, 2.05) is 19.9 Å². The Balaban J connectivity index is 1.71. The van der Waals surface area contributed by atoms with Crippen LogP contribution in [0.4, 0.5) is 11.4 Å². The summed E-state index contributed by atoms with van der Waals surface area (Å²) in [5.74, 6) is -0.0893. The summed E-state index contributed by atoms with van der Waals surface area (Å²) >= 11 is 0. The first kappa shape index (κ1) is 18.4. The van der Waals surface area contributed by atoms with Gasteiger partial charge in [0.2, 0.25) is 0 Å². The summed E-state index contributed by atoms with van der Waals surface area (Å²) in [6.45, 7) is 4.06. The second-order valence-corrected chi connectivity index (χ2v) is 9.08. The van der Waals surface area contributed by atoms with Gasteiger partial charge in [0.15, 0.2) is 9.84 Å². The minimum absolute atomic E-state index is 0.0293. The van der Waals surface area contributed by atoms with Crippen LogP contribution in [0.1, 0.15) is 28.0 Å². The van der Waals surface area contributed by atoms with Crippen molar-refractivity contribution < 1.29 is 13.2 Å². The first-order valence-electron chi connectivity index (χ1n) is 8.53. The Labute approximate surface area is 154 Å². The summed E-state index contributed by atoms with van der Waals surface area (Å²) in [6, 6.07) is 9.36. The number of nitrogens with one attached hydrogen (secondary N) is 1. The number of aromatic nitrogens is 1. The fourth-order valence-corrected chi connectivity index (χ4v) is 4.82. The average molecular weight is 373 g/mol. The molecule has 1 N–H and O–H groups in total. The molecule has 1 atom stereocenters. The number of anilines is 2. The molecule has 138 valence electrons. The molecule has 6 nitrogen and oxygen atoms in total. The Kier molecular flexibility index (Phi) is 5.00. The SMILES string of the molecule is Cc1ccc(C)c(Nc2ccc(C(=O)N(C)C3CCS(=O)(=O)C3)nc2)c1. The third kappa shape index (κ3) is 4.04. The number of benzene rings is 1. The molecule has 1 fully saturated rings. The monoisotopic (exact) mass is 373 g/mol. The predicted octanol–water partition coefficient (Wildman–Crippen LogP) is 2.70. The Morgan fingerprint density at radius 3 is 2.62 bits per heavy atom. The molecule has 3 rings (SSSR count). The average Bonchev–Trinajstić information content (AvgIpc) is 2.97. The van der Waals surface area contributed by atoms with Gasteiger partial charge < -0.3 is 10.2 Å². The summed E-state index contributed by atoms with van der Waals surface area (Å²) in [7, 11) is -1.39. The molecule has 0 radical (unpaired) electrons. The Morgan fingerprint density at radius 2 is 2.00 bits per heavy atom. The zero-order valence-corrected chi connectivity index (χ0v) is 16.0. The van der Waals surface area contributed by atoms with Crippen molar-refractivity contribution in [2.24, 2.45) is 0 Å². The maximum absolute atomic E-state index is 12.6. The summed E-state index contributed by atoms with van der Waals surface area (Å²) in [5.41, 5.74) is 4.38. The van der Waals surface area contributed by atoms with Crippen molar-refractivity contribution >= 4 is 27.1 Å². The quantitative estimate of drug-likeness (QED) is 0.891. The Morgan fingerprint density at radius 1 is 1.23 bits per heavy atom. The highest BCUT2D eigenvalue weighted by Crippen LogP contribution is 2.22. The molecule has 0 spiro atoms. The highest BCUT2D eigenvalue weighted by Gasteiger charge is 2.33. The second kappa shape index (κ2) is 7.07. The summed E-state index contributed by atoms with van der Waals surface area (Å²) in [6.07, 6.45) is 2.10. The minimum Gasteiger partial charge on any atom is -0.354 e. The van der Waals surface area contributed by atoms with Crippen LogP contribution < -0.4 is 5.32 Å². The first-order valence-corrected chi connectivity index (χ1v) is 10.4. The van der Waals surface area contributed by atoms with E-state index in [2.05, 4.69) is 22.4 Å². The minimum atomic E-state index is -3.03. The lowest BCUT2D eigenvalue weighted by atomic mass is 10.1. The van der Waals surface area contributed by atoms with E-state index < -0.39 is 9.84 Å². The summed E-state index contributed by atoms with van der Waals surface area (Å²) < 4.78 is 23.2. The van der Waals surface area contributed by atoms with Crippen molar-refractivity contribution in [1.82, 2.24) is 9.88 Å². The number of hydrogen-bond acceptors (Lipinski definition) is 5. The number of carbonyl (C=O) groups is 1. The van der Waals surface area contributed by atoms with Crippen molar-refractivity contribution in [2.45, 2.75) is 26.3 Å². The number of rotatable bonds is 4. The van der Waals surface area contributed by atoms with Crippen molar-refractivity contribution in [3.8, 4) is 0 Å². The number of nitrogens with zero attached hydrogens (tertiary/aromatic N) is 2. The molecule has 1 saturated heterocycles. The third-order valence-electron chi connectivity index (χ3n) is 4.73. The molecule has 2 heterocycles. The van der Waals surface area contributed by atoms with Crippen LogP contribution in [0.2, 0.25) is 0 Å². The van der Waals surface area contributed by atoms with Crippen LogP contribution in [0.15, 0.2) is 36.5 Å². The molecule has 1 aromatic heterocycles. The fourth-order valence-electron chi connectivity index (χ4n) is 3.05. The number of aryl methyl sites for hydroxylation is 2. The number of sulfone groups is 1. The largest absolute Gasteiger partial charge is 0.354 e. The van der Waals surface area contributed by atoms with Gasteiger partial charge in [0, 0.05) is 18.8 Å². The van der Waals surface area contributed by atoms with Gasteiger partial charge in [0.1, 0.15) is 5.69 Å². The molecule has 2 aromatic rings. The van der Waals surface area contributed by atoms with Gasteiger partial charge in [-0.2, -0.15) is 0 Å². The molecule has 7 heteroatoms. The van der Waals surface area contributed by atoms with Gasteiger partial charge in [-0.05, 0) is 49.6 Å². The lowest BCUT2D eigenvalue weighted by Crippen LogP contribution is -2.38. The van der Waals surface area contributed by atoms with Crippen LogP contribution in [0, 0.1) is 13.8 Å². The predicted molar refractivity (Wildman–Crippen MR) is 103 cm³/mol. The van der Waals surface area contributed by atoms with E-state index in [1.165, 1.54) is 4.90 Å². The molecule has 1 aliphatic rings. The lowest BCUT2D eigenvalue weighted by Gasteiger charge is -2.23. The van der Waals surface area contributed by atoms with Gasteiger partial charge in [-0.25, -0.2) is 13.4 Å². The van der Waals surface area contributed by atoms with Crippen LogP contribution in [0.3, 0.4) is 0 Å². The van der Waals surface area contributed by atoms with Gasteiger partial charge in [0.05, 0.1) is 23.4 Å². The van der Waals surface area contributed by atoms with Crippen molar-refractivity contribution in [3.05, 3.63) is 53.3 Å². The molecule has 1 amide bonds. The topological polar surface area (TPSA) is 79.4 Å². The molecule has 1 aliphatic heterocycles. The fraction of sp³-hybridized carbons (Fsp3) is 0.368. The molecule has 1 unspecified atom stereocenters. The molecular formula is C19H23N3O3S. The lowest BCUT2D eigenvalue weighted by molar-refractivity contribution is 0.0742. The van der Waals surface area contributed by atoms with Crippen LogP contribution >= 0.6 is 0 Å². The second-order valence-electron chi connectivity index (χ2n) is 6.85. The molecular weight excluding hydrogens is 350 g/mol. The normalized spacial score (nSPS) is 18.5. The van der Waals surface area contributed by atoms with Crippen LogP contribution in [-0.4, -0.2) is 48.8 Å². The van der Waals surface area contributed by atoms with E-state index in [9.17, 15) is 13.2 Å². The Bertz CT molecular complexity index is 924. The van der Waals surface area contributed by atoms with E-state index in [0.717, 1.165) is 22.5 Å².